The first-order valence-electron chi connectivity index (χ1n) is 7.87. The molecule has 1 aromatic carbocycles. The van der Waals surface area contributed by atoms with Crippen LogP contribution in [0.25, 0.3) is 0 Å². The lowest BCUT2D eigenvalue weighted by atomic mass is 10.3. The number of carbonyl (C=O) groups is 1. The van der Waals surface area contributed by atoms with Gasteiger partial charge in [-0.05, 0) is 18.6 Å². The van der Waals surface area contributed by atoms with E-state index in [-0.39, 0.29) is 11.6 Å². The van der Waals surface area contributed by atoms with Gasteiger partial charge in [0.05, 0.1) is 11.5 Å². The first kappa shape index (κ1) is 18.2. The molecule has 0 fully saturated rings. The molecular weight excluding hydrogens is 326 g/mol. The van der Waals surface area contributed by atoms with Crippen LogP contribution >= 0.6 is 0 Å². The lowest BCUT2D eigenvalue weighted by Gasteiger charge is -2.10. The molecule has 0 aliphatic carbocycles. The Morgan fingerprint density at radius 1 is 1.44 bits per heavy atom. The third-order valence-corrected chi connectivity index (χ3v) is 3.43. The number of ether oxygens (including phenoxy) is 1. The van der Waals surface area contributed by atoms with Crippen LogP contribution in [0.5, 0.6) is 5.75 Å². The topological polar surface area (TPSA) is 111 Å². The van der Waals surface area contributed by atoms with Crippen molar-refractivity contribution in [3.8, 4) is 5.75 Å². The van der Waals surface area contributed by atoms with E-state index in [4.69, 9.17) is 4.74 Å². The van der Waals surface area contributed by atoms with Gasteiger partial charge in [0.15, 0.2) is 0 Å². The largest absolute Gasteiger partial charge is 0.492 e. The number of amides is 1. The lowest BCUT2D eigenvalue weighted by molar-refractivity contribution is -0.384. The van der Waals surface area contributed by atoms with Crippen molar-refractivity contribution < 1.29 is 14.5 Å². The molecule has 0 saturated carbocycles. The summed E-state index contributed by atoms with van der Waals surface area (Å²) in [5.74, 6) is 0.799. The van der Waals surface area contributed by atoms with Gasteiger partial charge in [-0.3, -0.25) is 14.9 Å². The number of aryl methyl sites for hydroxylation is 2. The van der Waals surface area contributed by atoms with Crippen LogP contribution in [-0.4, -0.2) is 33.8 Å². The summed E-state index contributed by atoms with van der Waals surface area (Å²) < 4.78 is 7.08. The highest BCUT2D eigenvalue weighted by Crippen LogP contribution is 2.28. The monoisotopic (exact) mass is 347 g/mol. The first-order chi connectivity index (χ1) is 11.9. The second-order valence-electron chi connectivity index (χ2n) is 5.36. The van der Waals surface area contributed by atoms with E-state index in [0.29, 0.717) is 42.5 Å². The van der Waals surface area contributed by atoms with E-state index in [1.54, 1.807) is 31.3 Å². The molecule has 0 unspecified atom stereocenters. The molecule has 1 heterocycles. The van der Waals surface area contributed by atoms with Gasteiger partial charge in [0.25, 0.3) is 0 Å². The van der Waals surface area contributed by atoms with E-state index in [0.717, 1.165) is 0 Å². The summed E-state index contributed by atoms with van der Waals surface area (Å²) in [7, 11) is 1.66. The zero-order valence-electron chi connectivity index (χ0n) is 14.4. The van der Waals surface area contributed by atoms with E-state index in [1.807, 2.05) is 6.92 Å². The van der Waals surface area contributed by atoms with Gasteiger partial charge in [-0.25, -0.2) is 4.68 Å². The standard InChI is InChI=1S/C16H21N5O4/c1-4-14-15(21(23)24)16(20(3)19-14)17-8-9-25-13-7-5-6-12(10-13)18-11(2)22/h5-7,10,17H,4,8-9H2,1-3H3,(H,18,22). The molecule has 0 spiro atoms. The number of rotatable bonds is 8. The number of carbonyl (C=O) groups excluding carboxylic acids is 1. The summed E-state index contributed by atoms with van der Waals surface area (Å²) in [6, 6.07) is 7.02. The molecule has 2 rings (SSSR count). The quantitative estimate of drug-likeness (QED) is 0.431. The maximum Gasteiger partial charge on any atom is 0.333 e. The van der Waals surface area contributed by atoms with Crippen molar-refractivity contribution in [1.82, 2.24) is 9.78 Å². The Bertz CT molecular complexity index is 772. The van der Waals surface area contributed by atoms with Gasteiger partial charge < -0.3 is 15.4 Å². The Kier molecular flexibility index (Phi) is 5.93. The maximum absolute atomic E-state index is 11.2. The summed E-state index contributed by atoms with van der Waals surface area (Å²) in [4.78, 5) is 21.9. The van der Waals surface area contributed by atoms with E-state index in [9.17, 15) is 14.9 Å². The molecule has 1 amide bonds. The Balaban J connectivity index is 1.95. The van der Waals surface area contributed by atoms with Crippen molar-refractivity contribution >= 4 is 23.1 Å². The third-order valence-electron chi connectivity index (χ3n) is 3.43. The minimum Gasteiger partial charge on any atom is -0.492 e. The molecule has 0 saturated heterocycles. The molecule has 0 bridgehead atoms. The van der Waals surface area contributed by atoms with Crippen molar-refractivity contribution in [2.45, 2.75) is 20.3 Å². The normalized spacial score (nSPS) is 10.4. The lowest BCUT2D eigenvalue weighted by Crippen LogP contribution is -2.14. The van der Waals surface area contributed by atoms with Gasteiger partial charge in [0.1, 0.15) is 18.1 Å². The van der Waals surface area contributed by atoms with E-state index in [1.165, 1.54) is 11.6 Å². The molecule has 2 aromatic rings. The molecule has 9 nitrogen and oxygen atoms in total. The highest BCUT2D eigenvalue weighted by molar-refractivity contribution is 5.88. The smallest absolute Gasteiger partial charge is 0.333 e. The van der Waals surface area contributed by atoms with Gasteiger partial charge in [-0.1, -0.05) is 13.0 Å². The van der Waals surface area contributed by atoms with Crippen molar-refractivity contribution in [1.29, 1.82) is 0 Å². The Morgan fingerprint density at radius 3 is 2.84 bits per heavy atom. The van der Waals surface area contributed by atoms with Gasteiger partial charge in [0, 0.05) is 25.7 Å². The summed E-state index contributed by atoms with van der Waals surface area (Å²) in [6.07, 6.45) is 0.484. The summed E-state index contributed by atoms with van der Waals surface area (Å²) in [6.45, 7) is 3.92. The fraction of sp³-hybridized carbons (Fsp3) is 0.375. The van der Waals surface area contributed by atoms with E-state index in [2.05, 4.69) is 15.7 Å². The predicted octanol–water partition coefficient (Wildman–Crippen LogP) is 2.34. The molecule has 2 N–H and O–H groups in total. The number of aromatic nitrogens is 2. The van der Waals surface area contributed by atoms with Crippen molar-refractivity contribution in [3.63, 3.8) is 0 Å². The number of nitrogens with zero attached hydrogens (tertiary/aromatic N) is 3. The van der Waals surface area contributed by atoms with Gasteiger partial charge >= 0.3 is 5.69 Å². The molecule has 1 aromatic heterocycles. The Hall–Kier alpha value is -3.10. The average molecular weight is 347 g/mol. The zero-order chi connectivity index (χ0) is 18.4. The fourth-order valence-electron chi connectivity index (χ4n) is 2.40. The summed E-state index contributed by atoms with van der Waals surface area (Å²) in [5, 5.41) is 21.1. The van der Waals surface area contributed by atoms with Crippen molar-refractivity contribution in [2.24, 2.45) is 7.05 Å². The van der Waals surface area contributed by atoms with Crippen LogP contribution in [0.4, 0.5) is 17.2 Å². The molecule has 134 valence electrons. The highest BCUT2D eigenvalue weighted by atomic mass is 16.6. The summed E-state index contributed by atoms with van der Waals surface area (Å²) >= 11 is 0. The van der Waals surface area contributed by atoms with Crippen molar-refractivity contribution in [2.75, 3.05) is 23.8 Å². The Morgan fingerprint density at radius 2 is 2.20 bits per heavy atom. The average Bonchev–Trinajstić information content (AvgIpc) is 2.87. The van der Waals surface area contributed by atoms with Gasteiger partial charge in [-0.15, -0.1) is 0 Å². The molecule has 0 atom stereocenters. The third kappa shape index (κ3) is 4.69. The van der Waals surface area contributed by atoms with Crippen LogP contribution < -0.4 is 15.4 Å². The predicted molar refractivity (Wildman–Crippen MR) is 94.0 cm³/mol. The minimum atomic E-state index is -0.425. The molecule has 0 radical (unpaired) electrons. The second-order valence-corrected chi connectivity index (χ2v) is 5.36. The minimum absolute atomic E-state index is 0.00217. The van der Waals surface area contributed by atoms with Gasteiger partial charge in [0.2, 0.25) is 11.7 Å². The molecule has 0 aliphatic heterocycles. The second kappa shape index (κ2) is 8.13. The molecule has 0 aliphatic rings. The Labute approximate surface area is 145 Å². The van der Waals surface area contributed by atoms with Crippen LogP contribution in [0.1, 0.15) is 19.5 Å². The molecule has 25 heavy (non-hydrogen) atoms. The number of nitrogens with one attached hydrogen (secondary N) is 2. The van der Waals surface area contributed by atoms with Crippen molar-refractivity contribution in [3.05, 3.63) is 40.1 Å². The van der Waals surface area contributed by atoms with Crippen LogP contribution in [0.15, 0.2) is 24.3 Å². The van der Waals surface area contributed by atoms with Crippen LogP contribution in [-0.2, 0) is 18.3 Å². The zero-order valence-corrected chi connectivity index (χ0v) is 14.4. The fourth-order valence-corrected chi connectivity index (χ4v) is 2.40. The van der Waals surface area contributed by atoms with Gasteiger partial charge in [-0.2, -0.15) is 5.10 Å². The summed E-state index contributed by atoms with van der Waals surface area (Å²) in [5.41, 5.74) is 1.09. The molecular formula is C16H21N5O4. The first-order valence-corrected chi connectivity index (χ1v) is 7.87. The number of anilines is 2. The number of benzene rings is 1. The highest BCUT2D eigenvalue weighted by Gasteiger charge is 2.25. The number of hydrogen-bond acceptors (Lipinski definition) is 6. The van der Waals surface area contributed by atoms with E-state index >= 15 is 0 Å². The van der Waals surface area contributed by atoms with Crippen LogP contribution in [0.3, 0.4) is 0 Å². The van der Waals surface area contributed by atoms with Crippen LogP contribution in [0.2, 0.25) is 0 Å². The van der Waals surface area contributed by atoms with E-state index < -0.39 is 4.92 Å². The number of hydrogen-bond donors (Lipinski definition) is 2. The van der Waals surface area contributed by atoms with Crippen LogP contribution in [0, 0.1) is 10.1 Å². The SMILES string of the molecule is CCc1nn(C)c(NCCOc2cccc(NC(C)=O)c2)c1[N+](=O)[O-]. The maximum atomic E-state index is 11.2. The number of nitro groups is 1. The molecule has 9 heteroatoms.